The summed E-state index contributed by atoms with van der Waals surface area (Å²) in [5, 5.41) is 1.48. The summed E-state index contributed by atoms with van der Waals surface area (Å²) in [5.41, 5.74) is 0. The lowest BCUT2D eigenvalue weighted by atomic mass is 10.6. The molecule has 0 atom stereocenters. The third kappa shape index (κ3) is 2.35. The molecular formula is C6H6ClN3O2. The predicted molar refractivity (Wildman–Crippen MR) is 43.5 cm³/mol. The number of aromatic nitrogens is 2. The lowest BCUT2D eigenvalue weighted by molar-refractivity contribution is 0.268. The van der Waals surface area contributed by atoms with Crippen molar-refractivity contribution >= 4 is 22.9 Å². The van der Waals surface area contributed by atoms with E-state index in [2.05, 4.69) is 15.3 Å². The van der Waals surface area contributed by atoms with Crippen LogP contribution in [0.5, 0.6) is 5.75 Å². The van der Waals surface area contributed by atoms with Crippen LogP contribution in [0.25, 0.3) is 0 Å². The molecule has 5 nitrogen and oxygen atoms in total. The number of carbonyl (C=O) groups excluding carboxylic acids is 1. The summed E-state index contributed by atoms with van der Waals surface area (Å²) in [4.78, 5) is 17.8. The Morgan fingerprint density at radius 3 is 2.58 bits per heavy atom. The molecular weight excluding hydrogens is 182 g/mol. The predicted octanol–water partition coefficient (Wildman–Crippen LogP) is 1.26. The maximum absolute atomic E-state index is 10.3. The SMILES string of the molecule is COc1cnc(NC(=O)Cl)nc1. The molecule has 1 aromatic heterocycles. The first-order valence-corrected chi connectivity index (χ1v) is 3.42. The second kappa shape index (κ2) is 3.87. The van der Waals surface area contributed by atoms with Crippen LogP contribution in [0.15, 0.2) is 12.4 Å². The van der Waals surface area contributed by atoms with Crippen LogP contribution in [-0.4, -0.2) is 22.4 Å². The smallest absolute Gasteiger partial charge is 0.320 e. The Morgan fingerprint density at radius 1 is 1.58 bits per heavy atom. The summed E-state index contributed by atoms with van der Waals surface area (Å²) in [5.74, 6) is 0.665. The maximum Gasteiger partial charge on any atom is 0.320 e. The molecule has 0 aliphatic heterocycles. The lowest BCUT2D eigenvalue weighted by Gasteiger charge is -1.99. The van der Waals surface area contributed by atoms with Gasteiger partial charge in [0.1, 0.15) is 0 Å². The van der Waals surface area contributed by atoms with Crippen LogP contribution < -0.4 is 10.1 Å². The number of rotatable bonds is 2. The van der Waals surface area contributed by atoms with E-state index in [9.17, 15) is 4.79 Å². The van der Waals surface area contributed by atoms with Gasteiger partial charge in [0.25, 0.3) is 0 Å². The number of nitrogens with one attached hydrogen (secondary N) is 1. The number of amides is 1. The molecule has 0 fully saturated rings. The largest absolute Gasteiger partial charge is 0.494 e. The van der Waals surface area contributed by atoms with Crippen molar-refractivity contribution in [2.24, 2.45) is 0 Å². The zero-order chi connectivity index (χ0) is 8.97. The highest BCUT2D eigenvalue weighted by molar-refractivity contribution is 6.65. The second-order valence-electron chi connectivity index (χ2n) is 1.85. The highest BCUT2D eigenvalue weighted by Gasteiger charge is 1.99. The molecule has 0 bridgehead atoms. The van der Waals surface area contributed by atoms with Gasteiger partial charge in [-0.25, -0.2) is 9.97 Å². The van der Waals surface area contributed by atoms with Crippen molar-refractivity contribution in [3.05, 3.63) is 12.4 Å². The molecule has 0 unspecified atom stereocenters. The Kier molecular flexibility index (Phi) is 2.82. The third-order valence-corrected chi connectivity index (χ3v) is 1.17. The molecule has 12 heavy (non-hydrogen) atoms. The van der Waals surface area contributed by atoms with Gasteiger partial charge < -0.3 is 4.74 Å². The molecule has 0 saturated carbocycles. The highest BCUT2D eigenvalue weighted by atomic mass is 35.5. The van der Waals surface area contributed by atoms with E-state index in [1.165, 1.54) is 19.5 Å². The Hall–Kier alpha value is -1.36. The van der Waals surface area contributed by atoms with Crippen LogP contribution in [-0.2, 0) is 0 Å². The molecule has 0 aliphatic rings. The van der Waals surface area contributed by atoms with Crippen molar-refractivity contribution in [1.82, 2.24) is 9.97 Å². The first-order chi connectivity index (χ1) is 5.72. The Labute approximate surface area is 73.7 Å². The Balaban J connectivity index is 2.71. The van der Waals surface area contributed by atoms with E-state index in [4.69, 9.17) is 16.3 Å². The molecule has 0 radical (unpaired) electrons. The lowest BCUT2D eigenvalue weighted by Crippen LogP contribution is -2.04. The molecule has 6 heteroatoms. The number of hydrogen-bond donors (Lipinski definition) is 1. The second-order valence-corrected chi connectivity index (χ2v) is 2.19. The van der Waals surface area contributed by atoms with Crippen molar-refractivity contribution in [1.29, 1.82) is 0 Å². The summed E-state index contributed by atoms with van der Waals surface area (Å²) < 4.78 is 4.80. The van der Waals surface area contributed by atoms with Crippen molar-refractivity contribution in [2.45, 2.75) is 0 Å². The zero-order valence-electron chi connectivity index (χ0n) is 6.24. The summed E-state index contributed by atoms with van der Waals surface area (Å²) in [7, 11) is 1.50. The van der Waals surface area contributed by atoms with Crippen LogP contribution in [0.4, 0.5) is 10.7 Å². The van der Waals surface area contributed by atoms with Gasteiger partial charge in [-0.3, -0.25) is 10.1 Å². The first-order valence-electron chi connectivity index (χ1n) is 3.05. The quantitative estimate of drug-likeness (QED) is 0.559. The Morgan fingerprint density at radius 2 is 2.17 bits per heavy atom. The summed E-state index contributed by atoms with van der Waals surface area (Å²) in [6, 6.07) is 0. The fourth-order valence-corrected chi connectivity index (χ4v) is 0.659. The average molecular weight is 188 g/mol. The van der Waals surface area contributed by atoms with Gasteiger partial charge in [-0.05, 0) is 11.6 Å². The van der Waals surface area contributed by atoms with Crippen LogP contribution in [0, 0.1) is 0 Å². The van der Waals surface area contributed by atoms with Gasteiger partial charge in [-0.15, -0.1) is 0 Å². The molecule has 0 aromatic carbocycles. The summed E-state index contributed by atoms with van der Waals surface area (Å²) >= 11 is 5.02. The van der Waals surface area contributed by atoms with Crippen molar-refractivity contribution < 1.29 is 9.53 Å². The molecule has 1 aromatic rings. The van der Waals surface area contributed by atoms with E-state index in [0.717, 1.165) is 0 Å². The van der Waals surface area contributed by atoms with Gasteiger partial charge in [-0.2, -0.15) is 0 Å². The van der Waals surface area contributed by atoms with E-state index in [-0.39, 0.29) is 5.95 Å². The first kappa shape index (κ1) is 8.73. The molecule has 0 spiro atoms. The van der Waals surface area contributed by atoms with E-state index in [0.29, 0.717) is 5.75 Å². The van der Waals surface area contributed by atoms with Gasteiger partial charge in [0.2, 0.25) is 5.95 Å². The number of anilines is 1. The monoisotopic (exact) mass is 187 g/mol. The molecule has 1 heterocycles. The number of halogens is 1. The van der Waals surface area contributed by atoms with Gasteiger partial charge >= 0.3 is 5.37 Å². The van der Waals surface area contributed by atoms with Gasteiger partial charge in [0.05, 0.1) is 19.5 Å². The molecule has 1 N–H and O–H groups in total. The van der Waals surface area contributed by atoms with Gasteiger partial charge in [0.15, 0.2) is 5.75 Å². The molecule has 64 valence electrons. The average Bonchev–Trinajstić information content (AvgIpc) is 2.05. The fraction of sp³-hybridized carbons (Fsp3) is 0.167. The van der Waals surface area contributed by atoms with E-state index >= 15 is 0 Å². The molecule has 0 saturated heterocycles. The van der Waals surface area contributed by atoms with Crippen LogP contribution >= 0.6 is 11.6 Å². The van der Waals surface area contributed by atoms with E-state index in [1.807, 2.05) is 0 Å². The normalized spacial score (nSPS) is 9.17. The number of carbonyl (C=O) groups is 1. The molecule has 0 aliphatic carbocycles. The minimum atomic E-state index is -0.722. The van der Waals surface area contributed by atoms with Crippen molar-refractivity contribution in [3.8, 4) is 5.75 Å². The van der Waals surface area contributed by atoms with Crippen molar-refractivity contribution in [2.75, 3.05) is 12.4 Å². The summed E-state index contributed by atoms with van der Waals surface area (Å²) in [6.45, 7) is 0. The molecule has 1 amide bonds. The van der Waals surface area contributed by atoms with Crippen LogP contribution in [0.3, 0.4) is 0 Å². The third-order valence-electron chi connectivity index (χ3n) is 1.07. The van der Waals surface area contributed by atoms with Crippen LogP contribution in [0.1, 0.15) is 0 Å². The number of hydrogen-bond acceptors (Lipinski definition) is 4. The van der Waals surface area contributed by atoms with E-state index < -0.39 is 5.37 Å². The molecule has 1 rings (SSSR count). The number of ether oxygens (including phenoxy) is 1. The van der Waals surface area contributed by atoms with Gasteiger partial charge in [-0.1, -0.05) is 0 Å². The standard InChI is InChI=1S/C6H6ClN3O2/c1-12-4-2-8-6(9-3-4)10-5(7)11/h2-3H,1H3,(H,8,9,10,11). The summed E-state index contributed by atoms with van der Waals surface area (Å²) in [6.07, 6.45) is 2.85. The zero-order valence-corrected chi connectivity index (χ0v) is 7.00. The highest BCUT2D eigenvalue weighted by Crippen LogP contribution is 2.07. The minimum absolute atomic E-state index is 0.149. The maximum atomic E-state index is 10.3. The topological polar surface area (TPSA) is 64.1 Å². The van der Waals surface area contributed by atoms with Crippen molar-refractivity contribution in [3.63, 3.8) is 0 Å². The Bertz CT molecular complexity index is 275. The fourth-order valence-electron chi connectivity index (χ4n) is 0.574. The van der Waals surface area contributed by atoms with E-state index in [1.54, 1.807) is 0 Å². The van der Waals surface area contributed by atoms with Crippen LogP contribution in [0.2, 0.25) is 0 Å². The minimum Gasteiger partial charge on any atom is -0.494 e. The number of nitrogens with zero attached hydrogens (tertiary/aromatic N) is 2. The van der Waals surface area contributed by atoms with Gasteiger partial charge in [0, 0.05) is 0 Å². The number of methoxy groups -OCH3 is 1.